The van der Waals surface area contributed by atoms with Crippen LogP contribution in [0, 0.1) is 0 Å². The molecular weight excluding hydrogens is 415 g/mol. The molecule has 8 nitrogen and oxygen atoms in total. The molecule has 1 aromatic carbocycles. The minimum Gasteiger partial charge on any atom is -0.335 e. The summed E-state index contributed by atoms with van der Waals surface area (Å²) in [5.41, 5.74) is 0.850. The number of rotatable bonds is 3. The Morgan fingerprint density at radius 3 is 2.26 bits per heavy atom. The Morgan fingerprint density at radius 1 is 0.935 bits per heavy atom. The zero-order valence-corrected chi connectivity index (χ0v) is 16.0. The van der Waals surface area contributed by atoms with E-state index in [1.54, 1.807) is 40.3 Å². The number of hydrogen-bond acceptors (Lipinski definition) is 6. The van der Waals surface area contributed by atoms with Crippen molar-refractivity contribution in [3.8, 4) is 11.4 Å². The molecule has 0 atom stereocenters. The van der Waals surface area contributed by atoms with Crippen LogP contribution in [0.1, 0.15) is 26.7 Å². The van der Waals surface area contributed by atoms with Crippen LogP contribution >= 0.6 is 0 Å². The number of pyridine rings is 1. The van der Waals surface area contributed by atoms with E-state index < -0.39 is 12.1 Å². The highest BCUT2D eigenvalue weighted by molar-refractivity contribution is 5.96. The van der Waals surface area contributed by atoms with Crippen LogP contribution in [0.4, 0.5) is 13.2 Å². The molecule has 31 heavy (non-hydrogen) atoms. The lowest BCUT2D eigenvalue weighted by Gasteiger charge is -2.34. The molecule has 11 heteroatoms. The number of carbonyl (C=O) groups excluding carboxylic acids is 2. The fourth-order valence-electron chi connectivity index (χ4n) is 3.19. The number of carbonyl (C=O) groups is 2. The van der Waals surface area contributed by atoms with Gasteiger partial charge in [-0.15, -0.1) is 0 Å². The maximum absolute atomic E-state index is 12.9. The number of nitrogens with zero attached hydrogens (tertiary/aromatic N) is 5. The van der Waals surface area contributed by atoms with E-state index in [-0.39, 0.29) is 28.8 Å². The third kappa shape index (κ3) is 4.39. The summed E-state index contributed by atoms with van der Waals surface area (Å²) in [4.78, 5) is 35.9. The van der Waals surface area contributed by atoms with Gasteiger partial charge >= 0.3 is 12.1 Å². The Kier molecular flexibility index (Phi) is 5.40. The summed E-state index contributed by atoms with van der Waals surface area (Å²) in [6.07, 6.45) is -3.20. The lowest BCUT2D eigenvalue weighted by atomic mass is 10.1. The first-order chi connectivity index (χ1) is 14.8. The van der Waals surface area contributed by atoms with Crippen molar-refractivity contribution in [2.24, 2.45) is 0 Å². The van der Waals surface area contributed by atoms with Gasteiger partial charge in [-0.25, -0.2) is 0 Å². The van der Waals surface area contributed by atoms with E-state index in [1.807, 2.05) is 0 Å². The molecule has 0 radical (unpaired) electrons. The molecule has 1 fully saturated rings. The van der Waals surface area contributed by atoms with Crippen molar-refractivity contribution < 1.29 is 27.3 Å². The number of benzene rings is 1. The van der Waals surface area contributed by atoms with Crippen molar-refractivity contribution >= 4 is 11.8 Å². The van der Waals surface area contributed by atoms with Gasteiger partial charge in [-0.05, 0) is 24.3 Å². The van der Waals surface area contributed by atoms with E-state index in [2.05, 4.69) is 19.6 Å². The first-order valence-electron chi connectivity index (χ1n) is 9.34. The molecule has 0 aliphatic carbocycles. The molecule has 0 saturated carbocycles. The largest absolute Gasteiger partial charge is 0.471 e. The number of halogens is 3. The maximum atomic E-state index is 12.9. The van der Waals surface area contributed by atoms with E-state index in [1.165, 1.54) is 18.2 Å². The Labute approximate surface area is 174 Å². The second-order valence-corrected chi connectivity index (χ2v) is 6.80. The van der Waals surface area contributed by atoms with Crippen molar-refractivity contribution in [3.63, 3.8) is 0 Å². The van der Waals surface area contributed by atoms with Gasteiger partial charge in [0.2, 0.25) is 5.82 Å². The first kappa shape index (κ1) is 20.5. The number of aromatic nitrogens is 3. The summed E-state index contributed by atoms with van der Waals surface area (Å²) in [5, 5.41) is 3.34. The van der Waals surface area contributed by atoms with Crippen LogP contribution in [0.3, 0.4) is 0 Å². The van der Waals surface area contributed by atoms with Crippen molar-refractivity contribution in [1.82, 2.24) is 24.9 Å². The van der Waals surface area contributed by atoms with Crippen LogP contribution in [0.25, 0.3) is 11.4 Å². The topological polar surface area (TPSA) is 92.4 Å². The van der Waals surface area contributed by atoms with Gasteiger partial charge in [0.25, 0.3) is 11.8 Å². The van der Waals surface area contributed by atoms with Crippen LogP contribution < -0.4 is 0 Å². The molecule has 2 aromatic heterocycles. The van der Waals surface area contributed by atoms with E-state index in [0.717, 1.165) is 0 Å². The molecule has 4 rings (SSSR count). The first-order valence-corrected chi connectivity index (χ1v) is 9.34. The van der Waals surface area contributed by atoms with Gasteiger partial charge in [-0.3, -0.25) is 14.6 Å². The summed E-state index contributed by atoms with van der Waals surface area (Å²) >= 11 is 0. The summed E-state index contributed by atoms with van der Waals surface area (Å²) in [7, 11) is 0. The van der Waals surface area contributed by atoms with E-state index in [9.17, 15) is 22.8 Å². The predicted octanol–water partition coefficient (Wildman–Crippen LogP) is 2.75. The van der Waals surface area contributed by atoms with Crippen molar-refractivity contribution in [2.75, 3.05) is 26.2 Å². The Bertz CT molecular complexity index is 1090. The van der Waals surface area contributed by atoms with Crippen LogP contribution in [0.5, 0.6) is 0 Å². The second kappa shape index (κ2) is 8.17. The Balaban J connectivity index is 1.43. The molecule has 1 aliphatic heterocycles. The highest BCUT2D eigenvalue weighted by atomic mass is 19.4. The van der Waals surface area contributed by atoms with Gasteiger partial charge in [0.05, 0.1) is 0 Å². The zero-order valence-electron chi connectivity index (χ0n) is 16.0. The molecule has 2 amide bonds. The van der Waals surface area contributed by atoms with Gasteiger partial charge in [0.15, 0.2) is 0 Å². The standard InChI is InChI=1S/C20H16F3N5O3/c21-20(22,23)19-25-16(26-31-19)13-4-3-5-14(12-13)17(29)27-8-10-28(11-9-27)18(30)15-6-1-2-7-24-15/h1-7,12H,8-11H2. The SMILES string of the molecule is O=C(c1cccc(-c2noc(C(F)(F)F)n2)c1)N1CCN(C(=O)c2ccccn2)CC1. The highest BCUT2D eigenvalue weighted by Gasteiger charge is 2.38. The van der Waals surface area contributed by atoms with E-state index in [0.29, 0.717) is 31.9 Å². The average molecular weight is 431 g/mol. The Morgan fingerprint density at radius 2 is 1.65 bits per heavy atom. The lowest BCUT2D eigenvalue weighted by molar-refractivity contribution is -0.159. The maximum Gasteiger partial charge on any atom is 0.471 e. The second-order valence-electron chi connectivity index (χ2n) is 6.80. The lowest BCUT2D eigenvalue weighted by Crippen LogP contribution is -2.50. The summed E-state index contributed by atoms with van der Waals surface area (Å²) < 4.78 is 42.3. The quantitative estimate of drug-likeness (QED) is 0.633. The van der Waals surface area contributed by atoms with Gasteiger partial charge < -0.3 is 14.3 Å². The summed E-state index contributed by atoms with van der Waals surface area (Å²) in [6, 6.07) is 11.1. The molecule has 160 valence electrons. The predicted molar refractivity (Wildman–Crippen MR) is 101 cm³/mol. The number of hydrogen-bond donors (Lipinski definition) is 0. The normalized spacial score (nSPS) is 14.5. The number of alkyl halides is 3. The van der Waals surface area contributed by atoms with Gasteiger partial charge in [-0.1, -0.05) is 23.4 Å². The van der Waals surface area contributed by atoms with E-state index in [4.69, 9.17) is 0 Å². The summed E-state index contributed by atoms with van der Waals surface area (Å²) in [5.74, 6) is -2.21. The molecule has 1 aliphatic rings. The van der Waals surface area contributed by atoms with Gasteiger partial charge in [0, 0.05) is 43.5 Å². The zero-order chi connectivity index (χ0) is 22.0. The molecular formula is C20H16F3N5O3. The minimum absolute atomic E-state index is 0.202. The molecule has 0 bridgehead atoms. The van der Waals surface area contributed by atoms with Crippen LogP contribution in [0.15, 0.2) is 53.2 Å². The van der Waals surface area contributed by atoms with Crippen molar-refractivity contribution in [3.05, 3.63) is 65.8 Å². The van der Waals surface area contributed by atoms with Gasteiger partial charge in [-0.2, -0.15) is 18.2 Å². The molecule has 1 saturated heterocycles. The van der Waals surface area contributed by atoms with Crippen molar-refractivity contribution in [1.29, 1.82) is 0 Å². The highest BCUT2D eigenvalue weighted by Crippen LogP contribution is 2.29. The van der Waals surface area contributed by atoms with Crippen LogP contribution in [-0.2, 0) is 6.18 Å². The number of piperazine rings is 1. The minimum atomic E-state index is -4.74. The van der Waals surface area contributed by atoms with Crippen LogP contribution in [-0.4, -0.2) is 62.9 Å². The Hall–Kier alpha value is -3.76. The monoisotopic (exact) mass is 431 g/mol. The summed E-state index contributed by atoms with van der Waals surface area (Å²) in [6.45, 7) is 1.34. The molecule has 0 spiro atoms. The number of amides is 2. The third-order valence-electron chi connectivity index (χ3n) is 4.77. The fraction of sp³-hybridized carbons (Fsp3) is 0.250. The van der Waals surface area contributed by atoms with Crippen molar-refractivity contribution in [2.45, 2.75) is 6.18 Å². The average Bonchev–Trinajstić information content (AvgIpc) is 3.30. The smallest absolute Gasteiger partial charge is 0.335 e. The molecule has 3 aromatic rings. The van der Waals surface area contributed by atoms with Crippen LogP contribution in [0.2, 0.25) is 0 Å². The molecule has 0 N–H and O–H groups in total. The van der Waals surface area contributed by atoms with E-state index >= 15 is 0 Å². The molecule has 0 unspecified atom stereocenters. The van der Waals surface area contributed by atoms with Gasteiger partial charge in [0.1, 0.15) is 5.69 Å². The third-order valence-corrected chi connectivity index (χ3v) is 4.77. The fourth-order valence-corrected chi connectivity index (χ4v) is 3.19. The molecule has 3 heterocycles.